The summed E-state index contributed by atoms with van der Waals surface area (Å²) in [5.74, 6) is 1.21. The van der Waals surface area contributed by atoms with E-state index in [1.165, 1.54) is 12.4 Å². The van der Waals surface area contributed by atoms with E-state index >= 15 is 0 Å². The molecule has 0 unspecified atom stereocenters. The lowest BCUT2D eigenvalue weighted by molar-refractivity contribution is 0.273. The fourth-order valence-corrected chi connectivity index (χ4v) is 1.81. The molecule has 116 valence electrons. The van der Waals surface area contributed by atoms with E-state index in [-0.39, 0.29) is 5.69 Å². The minimum Gasteiger partial charge on any atom is -0.494 e. The lowest BCUT2D eigenvalue weighted by atomic mass is 10.2. The second kappa shape index (κ2) is 9.01. The predicted octanol–water partition coefficient (Wildman–Crippen LogP) is 3.53. The first-order valence-electron chi connectivity index (χ1n) is 7.27. The Morgan fingerprint density at radius 2 is 1.74 bits per heavy atom. The zero-order valence-corrected chi connectivity index (χ0v) is 12.6. The smallest absolute Gasteiger partial charge is 0.232 e. The van der Waals surface area contributed by atoms with E-state index in [1.54, 1.807) is 24.3 Å². The molecule has 0 aliphatic carbocycles. The number of hydrogen-bond acceptors (Lipinski definition) is 5. The fraction of sp³-hybridized carbons (Fsp3) is 0.294. The van der Waals surface area contributed by atoms with E-state index in [9.17, 15) is 0 Å². The molecule has 1 aromatic carbocycles. The molecule has 6 heteroatoms. The van der Waals surface area contributed by atoms with Crippen LogP contribution >= 0.6 is 0 Å². The van der Waals surface area contributed by atoms with Crippen molar-refractivity contribution in [2.24, 2.45) is 0 Å². The van der Waals surface area contributed by atoms with Crippen molar-refractivity contribution >= 4 is 5.69 Å². The lowest BCUT2D eigenvalue weighted by Crippen LogP contribution is -2.02. The number of unbranched alkanes of at least 4 members (excludes halogenated alkanes) is 2. The van der Waals surface area contributed by atoms with Gasteiger partial charge in [-0.15, -0.1) is 0 Å². The second-order valence-electron chi connectivity index (χ2n) is 4.71. The first-order valence-corrected chi connectivity index (χ1v) is 7.27. The molecule has 1 aromatic heterocycles. The van der Waals surface area contributed by atoms with Crippen LogP contribution in [0.15, 0.2) is 36.7 Å². The molecule has 2 aromatic rings. The lowest BCUT2D eigenvalue weighted by Gasteiger charge is -2.07. The monoisotopic (exact) mass is 308 g/mol. The fourth-order valence-electron chi connectivity index (χ4n) is 1.81. The summed E-state index contributed by atoms with van der Waals surface area (Å²) in [6, 6.07) is 9.01. The van der Waals surface area contributed by atoms with Gasteiger partial charge in [0.15, 0.2) is 11.4 Å². The highest BCUT2D eigenvalue weighted by Gasteiger charge is 1.98. The van der Waals surface area contributed by atoms with Gasteiger partial charge in [-0.2, -0.15) is 5.26 Å². The van der Waals surface area contributed by atoms with E-state index in [4.69, 9.17) is 21.3 Å². The Morgan fingerprint density at radius 1 is 1.00 bits per heavy atom. The van der Waals surface area contributed by atoms with Gasteiger partial charge in [0.2, 0.25) is 5.88 Å². The van der Waals surface area contributed by atoms with Crippen molar-refractivity contribution in [1.82, 2.24) is 9.97 Å². The average Bonchev–Trinajstić information content (AvgIpc) is 2.62. The molecule has 0 fully saturated rings. The van der Waals surface area contributed by atoms with E-state index in [2.05, 4.69) is 14.8 Å². The third-order valence-corrected chi connectivity index (χ3v) is 3.02. The third-order valence-electron chi connectivity index (χ3n) is 3.02. The van der Waals surface area contributed by atoms with Crippen molar-refractivity contribution in [2.45, 2.75) is 19.3 Å². The molecule has 0 aliphatic rings. The van der Waals surface area contributed by atoms with Crippen LogP contribution in [0.1, 0.15) is 25.0 Å². The van der Waals surface area contributed by atoms with Gasteiger partial charge < -0.3 is 9.47 Å². The first-order chi connectivity index (χ1) is 11.3. The Labute approximate surface area is 135 Å². The number of aromatic nitrogens is 2. The van der Waals surface area contributed by atoms with Crippen molar-refractivity contribution in [2.75, 3.05) is 13.2 Å². The SMILES string of the molecule is [C-]#[N+]c1ccc(OCCCCCOc2cnc(C#N)cn2)cc1. The largest absolute Gasteiger partial charge is 0.494 e. The summed E-state index contributed by atoms with van der Waals surface area (Å²) in [5, 5.41) is 8.62. The maximum absolute atomic E-state index is 8.62. The number of rotatable bonds is 8. The van der Waals surface area contributed by atoms with Gasteiger partial charge in [-0.05, 0) is 31.4 Å². The van der Waals surface area contributed by atoms with Crippen molar-refractivity contribution in [1.29, 1.82) is 5.26 Å². The average molecular weight is 308 g/mol. The van der Waals surface area contributed by atoms with Crippen molar-refractivity contribution in [3.63, 3.8) is 0 Å². The zero-order chi connectivity index (χ0) is 16.3. The maximum atomic E-state index is 8.62. The number of benzene rings is 1. The molecule has 0 bridgehead atoms. The summed E-state index contributed by atoms with van der Waals surface area (Å²) in [6.07, 6.45) is 5.63. The van der Waals surface area contributed by atoms with Gasteiger partial charge in [0, 0.05) is 0 Å². The van der Waals surface area contributed by atoms with Crippen LogP contribution in [0.4, 0.5) is 5.69 Å². The highest BCUT2D eigenvalue weighted by molar-refractivity contribution is 5.46. The van der Waals surface area contributed by atoms with Crippen LogP contribution in [0.3, 0.4) is 0 Å². The predicted molar refractivity (Wildman–Crippen MR) is 84.3 cm³/mol. The number of ether oxygens (including phenoxy) is 2. The van der Waals surface area contributed by atoms with Crippen molar-refractivity contribution < 1.29 is 9.47 Å². The Bertz CT molecular complexity index is 623. The van der Waals surface area contributed by atoms with Crippen LogP contribution in [-0.4, -0.2) is 23.2 Å². The van der Waals surface area contributed by atoms with Crippen molar-refractivity contribution in [3.05, 3.63) is 53.8 Å². The van der Waals surface area contributed by atoms with Crippen molar-refractivity contribution in [3.8, 4) is 17.7 Å². The molecule has 0 amide bonds. The number of nitriles is 1. The van der Waals surface area contributed by atoms with Crippen LogP contribution in [-0.2, 0) is 0 Å². The minimum atomic E-state index is 0.277. The summed E-state index contributed by atoms with van der Waals surface area (Å²) in [5.41, 5.74) is 0.888. The summed E-state index contributed by atoms with van der Waals surface area (Å²) in [7, 11) is 0. The summed E-state index contributed by atoms with van der Waals surface area (Å²) in [4.78, 5) is 11.2. The Morgan fingerprint density at radius 3 is 2.35 bits per heavy atom. The molecule has 0 N–H and O–H groups in total. The molecule has 6 nitrogen and oxygen atoms in total. The molecule has 0 saturated heterocycles. The molecule has 0 aliphatic heterocycles. The van der Waals surface area contributed by atoms with Gasteiger partial charge in [-0.25, -0.2) is 14.8 Å². The minimum absolute atomic E-state index is 0.277. The second-order valence-corrected chi connectivity index (χ2v) is 4.71. The molecule has 0 saturated carbocycles. The molecule has 23 heavy (non-hydrogen) atoms. The van der Waals surface area contributed by atoms with Crippen LogP contribution in [0.2, 0.25) is 0 Å². The topological polar surface area (TPSA) is 72.4 Å². The number of nitrogens with zero attached hydrogens (tertiary/aromatic N) is 4. The third kappa shape index (κ3) is 5.64. The normalized spacial score (nSPS) is 9.65. The van der Waals surface area contributed by atoms with Crippen LogP contribution in [0.25, 0.3) is 4.85 Å². The highest BCUT2D eigenvalue weighted by Crippen LogP contribution is 2.18. The molecule has 0 spiro atoms. The number of hydrogen-bond donors (Lipinski definition) is 0. The highest BCUT2D eigenvalue weighted by atomic mass is 16.5. The Kier molecular flexibility index (Phi) is 6.37. The molecular formula is C17H16N4O2. The van der Waals surface area contributed by atoms with Crippen LogP contribution < -0.4 is 9.47 Å². The molecule has 0 atom stereocenters. The summed E-state index contributed by atoms with van der Waals surface area (Å²) in [6.45, 7) is 8.07. The van der Waals surface area contributed by atoms with E-state index in [0.717, 1.165) is 25.0 Å². The standard InChI is InChI=1S/C17H16N4O2/c1-19-14-5-7-16(8-6-14)22-9-3-2-4-10-23-17-13-20-15(11-18)12-21-17/h5-8,12-13H,2-4,9-10H2. The van der Waals surface area contributed by atoms with E-state index in [1.807, 2.05) is 6.07 Å². The summed E-state index contributed by atoms with van der Waals surface area (Å²) >= 11 is 0. The van der Waals surface area contributed by atoms with Crippen LogP contribution in [0, 0.1) is 17.9 Å². The zero-order valence-electron chi connectivity index (χ0n) is 12.6. The molecular weight excluding hydrogens is 292 g/mol. The first kappa shape index (κ1) is 16.3. The molecule has 2 rings (SSSR count). The Balaban J connectivity index is 1.55. The van der Waals surface area contributed by atoms with Gasteiger partial charge in [0.25, 0.3) is 0 Å². The maximum Gasteiger partial charge on any atom is 0.232 e. The van der Waals surface area contributed by atoms with Crippen LogP contribution in [0.5, 0.6) is 11.6 Å². The molecule has 1 heterocycles. The van der Waals surface area contributed by atoms with E-state index in [0.29, 0.717) is 24.8 Å². The van der Waals surface area contributed by atoms with Gasteiger partial charge >= 0.3 is 0 Å². The van der Waals surface area contributed by atoms with Gasteiger partial charge in [0.1, 0.15) is 11.8 Å². The summed E-state index contributed by atoms with van der Waals surface area (Å²) < 4.78 is 11.0. The quantitative estimate of drug-likeness (QED) is 0.551. The molecule has 0 radical (unpaired) electrons. The van der Waals surface area contributed by atoms with Gasteiger partial charge in [-0.3, -0.25) is 0 Å². The van der Waals surface area contributed by atoms with E-state index < -0.39 is 0 Å². The van der Waals surface area contributed by atoms with Gasteiger partial charge in [-0.1, -0.05) is 12.1 Å². The van der Waals surface area contributed by atoms with Gasteiger partial charge in [0.05, 0.1) is 32.2 Å². The Hall–Kier alpha value is -3.12.